The maximum Gasteiger partial charge on any atom is 0.414 e. The molecule has 0 bridgehead atoms. The van der Waals surface area contributed by atoms with E-state index in [0.29, 0.717) is 0 Å². The summed E-state index contributed by atoms with van der Waals surface area (Å²) in [4.78, 5) is 9.96. The second-order valence-corrected chi connectivity index (χ2v) is 3.22. The molecule has 0 saturated carbocycles. The molecule has 0 aliphatic carbocycles. The zero-order valence-electron chi connectivity index (χ0n) is 6.80. The molecule has 11 heavy (non-hydrogen) atoms. The first kappa shape index (κ1) is 10.6. The van der Waals surface area contributed by atoms with Gasteiger partial charge in [0.15, 0.2) is 0 Å². The predicted octanol–water partition coefficient (Wildman–Crippen LogP) is 2.48. The molecule has 1 amide bonds. The molecule has 0 rings (SSSR count). The minimum Gasteiger partial charge on any atom is -0.464 e. The highest BCUT2D eigenvalue weighted by Crippen LogP contribution is 2.03. The van der Waals surface area contributed by atoms with Crippen molar-refractivity contribution in [2.45, 2.75) is 32.6 Å². The summed E-state index contributed by atoms with van der Waals surface area (Å²) in [5.74, 6) is 0.881. The number of rotatable bonds is 6. The highest BCUT2D eigenvalue weighted by atomic mass is 32.2. The molecule has 0 aromatic carbocycles. The summed E-state index contributed by atoms with van der Waals surface area (Å²) in [6, 6.07) is 0. The molecule has 0 aromatic rings. The number of hydrogen-bond acceptors (Lipinski definition) is 2. The lowest BCUT2D eigenvalue weighted by Crippen LogP contribution is -2.12. The van der Waals surface area contributed by atoms with E-state index < -0.39 is 6.09 Å². The third kappa shape index (κ3) is 9.62. The van der Waals surface area contributed by atoms with Crippen LogP contribution in [0.5, 0.6) is 0 Å². The van der Waals surface area contributed by atoms with Crippen molar-refractivity contribution in [1.82, 2.24) is 4.72 Å². The Morgan fingerprint density at radius 3 is 2.73 bits per heavy atom. The Kier molecular flexibility index (Phi) is 7.46. The van der Waals surface area contributed by atoms with Gasteiger partial charge in [-0.05, 0) is 18.4 Å². The van der Waals surface area contributed by atoms with Crippen molar-refractivity contribution < 1.29 is 9.90 Å². The van der Waals surface area contributed by atoms with Gasteiger partial charge in [0.2, 0.25) is 0 Å². The van der Waals surface area contributed by atoms with E-state index in [4.69, 9.17) is 5.11 Å². The van der Waals surface area contributed by atoms with E-state index >= 15 is 0 Å². The molecule has 0 fully saturated rings. The first-order chi connectivity index (χ1) is 5.27. The molecule has 0 radical (unpaired) electrons. The zero-order chi connectivity index (χ0) is 8.53. The van der Waals surface area contributed by atoms with Gasteiger partial charge in [-0.2, -0.15) is 0 Å². The summed E-state index contributed by atoms with van der Waals surface area (Å²) in [7, 11) is 0. The number of carboxylic acid groups (broad SMARTS) is 1. The van der Waals surface area contributed by atoms with Gasteiger partial charge in [-0.25, -0.2) is 4.79 Å². The third-order valence-electron chi connectivity index (χ3n) is 1.26. The Morgan fingerprint density at radius 1 is 1.45 bits per heavy atom. The van der Waals surface area contributed by atoms with E-state index in [1.54, 1.807) is 0 Å². The average Bonchev–Trinajstić information content (AvgIpc) is 1.96. The summed E-state index contributed by atoms with van der Waals surface area (Å²) < 4.78 is 2.26. The molecule has 66 valence electrons. The van der Waals surface area contributed by atoms with Crippen LogP contribution in [0.3, 0.4) is 0 Å². The minimum atomic E-state index is -0.953. The molecular weight excluding hydrogens is 162 g/mol. The molecule has 0 unspecified atom stereocenters. The van der Waals surface area contributed by atoms with Crippen LogP contribution in [0.4, 0.5) is 4.79 Å². The smallest absolute Gasteiger partial charge is 0.414 e. The molecule has 0 aliphatic heterocycles. The Bertz CT molecular complexity index is 109. The lowest BCUT2D eigenvalue weighted by Gasteiger charge is -1.98. The van der Waals surface area contributed by atoms with Crippen molar-refractivity contribution >= 4 is 18.0 Å². The summed E-state index contributed by atoms with van der Waals surface area (Å²) in [6.45, 7) is 2.16. The predicted molar refractivity (Wildman–Crippen MR) is 47.8 cm³/mol. The fraction of sp³-hybridized carbons (Fsp3) is 0.857. The molecular formula is C7H15NO2S. The highest BCUT2D eigenvalue weighted by Gasteiger charge is 1.93. The van der Waals surface area contributed by atoms with E-state index in [9.17, 15) is 4.79 Å². The van der Waals surface area contributed by atoms with Crippen LogP contribution in [0, 0.1) is 0 Å². The van der Waals surface area contributed by atoms with Gasteiger partial charge in [-0.15, -0.1) is 0 Å². The molecule has 0 atom stereocenters. The number of unbranched alkanes of at least 4 members (excludes halogenated alkanes) is 3. The van der Waals surface area contributed by atoms with Crippen LogP contribution >= 0.6 is 11.9 Å². The fourth-order valence-electron chi connectivity index (χ4n) is 0.714. The summed E-state index contributed by atoms with van der Waals surface area (Å²) in [5.41, 5.74) is 0. The van der Waals surface area contributed by atoms with Crippen molar-refractivity contribution in [2.24, 2.45) is 0 Å². The number of hydrogen-bond donors (Lipinski definition) is 2. The normalized spacial score (nSPS) is 9.55. The molecule has 0 aromatic heterocycles. The Morgan fingerprint density at radius 2 is 2.18 bits per heavy atom. The maximum atomic E-state index is 9.96. The van der Waals surface area contributed by atoms with Gasteiger partial charge in [0.25, 0.3) is 0 Å². The van der Waals surface area contributed by atoms with Crippen molar-refractivity contribution in [3.8, 4) is 0 Å². The van der Waals surface area contributed by atoms with E-state index in [2.05, 4.69) is 11.6 Å². The minimum absolute atomic E-state index is 0.881. The Labute approximate surface area is 71.7 Å². The molecule has 0 heterocycles. The second kappa shape index (κ2) is 7.72. The average molecular weight is 177 g/mol. The molecule has 4 heteroatoms. The lowest BCUT2D eigenvalue weighted by molar-refractivity contribution is 0.202. The molecule has 0 saturated heterocycles. The van der Waals surface area contributed by atoms with Gasteiger partial charge in [-0.1, -0.05) is 26.2 Å². The van der Waals surface area contributed by atoms with Crippen LogP contribution in [0.25, 0.3) is 0 Å². The summed E-state index contributed by atoms with van der Waals surface area (Å²) in [5, 5.41) is 8.18. The number of amides is 1. The van der Waals surface area contributed by atoms with Crippen LogP contribution in [-0.2, 0) is 0 Å². The van der Waals surface area contributed by atoms with Crippen LogP contribution < -0.4 is 4.72 Å². The van der Waals surface area contributed by atoms with E-state index in [-0.39, 0.29) is 0 Å². The van der Waals surface area contributed by atoms with Gasteiger partial charge >= 0.3 is 6.09 Å². The van der Waals surface area contributed by atoms with Crippen molar-refractivity contribution in [3.05, 3.63) is 0 Å². The molecule has 0 spiro atoms. The second-order valence-electron chi connectivity index (χ2n) is 2.32. The van der Waals surface area contributed by atoms with E-state index in [1.165, 1.54) is 31.2 Å². The van der Waals surface area contributed by atoms with Gasteiger partial charge in [0.05, 0.1) is 0 Å². The van der Waals surface area contributed by atoms with Crippen LogP contribution in [0.1, 0.15) is 32.6 Å². The van der Waals surface area contributed by atoms with Gasteiger partial charge in [0.1, 0.15) is 0 Å². The Hall–Kier alpha value is -0.380. The van der Waals surface area contributed by atoms with Crippen molar-refractivity contribution in [2.75, 3.05) is 5.75 Å². The third-order valence-corrected chi connectivity index (χ3v) is 2.07. The van der Waals surface area contributed by atoms with Crippen LogP contribution in [-0.4, -0.2) is 17.0 Å². The number of nitrogens with one attached hydrogen (secondary N) is 1. The summed E-state index contributed by atoms with van der Waals surface area (Å²) >= 11 is 1.26. The topological polar surface area (TPSA) is 49.3 Å². The monoisotopic (exact) mass is 177 g/mol. The van der Waals surface area contributed by atoms with Crippen molar-refractivity contribution in [3.63, 3.8) is 0 Å². The largest absolute Gasteiger partial charge is 0.464 e. The lowest BCUT2D eigenvalue weighted by atomic mass is 10.2. The van der Waals surface area contributed by atoms with Gasteiger partial charge in [0, 0.05) is 5.75 Å². The first-order valence-electron chi connectivity index (χ1n) is 3.88. The molecule has 2 N–H and O–H groups in total. The molecule has 0 aliphatic rings. The quantitative estimate of drug-likeness (QED) is 0.484. The fourth-order valence-corrected chi connectivity index (χ4v) is 1.29. The highest BCUT2D eigenvalue weighted by molar-refractivity contribution is 7.97. The van der Waals surface area contributed by atoms with E-state index in [1.807, 2.05) is 0 Å². The first-order valence-corrected chi connectivity index (χ1v) is 4.86. The standard InChI is InChI=1S/C7H15NO2S/c1-2-3-4-5-6-11-8-7(9)10/h8H,2-6H2,1H3,(H,9,10). The zero-order valence-corrected chi connectivity index (χ0v) is 7.62. The SMILES string of the molecule is CCCCCCSNC(=O)O. The number of carbonyl (C=O) groups is 1. The van der Waals surface area contributed by atoms with E-state index in [0.717, 1.165) is 12.2 Å². The molecule has 3 nitrogen and oxygen atoms in total. The van der Waals surface area contributed by atoms with Gasteiger partial charge in [-0.3, -0.25) is 4.72 Å². The summed E-state index contributed by atoms with van der Waals surface area (Å²) in [6.07, 6.45) is 3.80. The van der Waals surface area contributed by atoms with Crippen molar-refractivity contribution in [1.29, 1.82) is 0 Å². The van der Waals surface area contributed by atoms with Crippen LogP contribution in [0.2, 0.25) is 0 Å². The Balaban J connectivity index is 2.85. The van der Waals surface area contributed by atoms with Crippen LogP contribution in [0.15, 0.2) is 0 Å². The maximum absolute atomic E-state index is 9.96. The van der Waals surface area contributed by atoms with Gasteiger partial charge < -0.3 is 5.11 Å².